The number of nitrogens with one attached hydrogen (secondary N) is 1. The minimum atomic E-state index is -0.542. The van der Waals surface area contributed by atoms with Gasteiger partial charge in [-0.05, 0) is 30.5 Å². The van der Waals surface area contributed by atoms with Crippen molar-refractivity contribution in [3.8, 4) is 0 Å². The molecule has 0 aliphatic heterocycles. The number of rotatable bonds is 11. The summed E-state index contributed by atoms with van der Waals surface area (Å²) in [6.07, 6.45) is 1.27. The van der Waals surface area contributed by atoms with Crippen molar-refractivity contribution in [3.63, 3.8) is 0 Å². The van der Waals surface area contributed by atoms with Crippen molar-refractivity contribution >= 4 is 11.6 Å². The van der Waals surface area contributed by atoms with Crippen LogP contribution in [0.3, 0.4) is 0 Å². The van der Waals surface area contributed by atoms with Crippen molar-refractivity contribution in [2.45, 2.75) is 32.5 Å². The number of hydrogen-bond acceptors (Lipinski definition) is 4. The van der Waals surface area contributed by atoms with Gasteiger partial charge >= 0.3 is 0 Å². The lowest BCUT2D eigenvalue weighted by molar-refractivity contribution is 0.0284. The second kappa shape index (κ2) is 11.0. The van der Waals surface area contributed by atoms with Gasteiger partial charge in [0, 0.05) is 18.2 Å². The molecule has 3 N–H and O–H groups in total. The van der Waals surface area contributed by atoms with Crippen molar-refractivity contribution < 1.29 is 14.9 Å². The van der Waals surface area contributed by atoms with Crippen LogP contribution in [0.2, 0.25) is 5.02 Å². The van der Waals surface area contributed by atoms with Crippen molar-refractivity contribution in [3.05, 3.63) is 34.9 Å². The zero-order chi connectivity index (χ0) is 15.5. The van der Waals surface area contributed by atoms with E-state index in [0.29, 0.717) is 24.1 Å². The molecule has 1 aromatic carbocycles. The van der Waals surface area contributed by atoms with E-state index >= 15 is 0 Å². The summed E-state index contributed by atoms with van der Waals surface area (Å²) in [4.78, 5) is 0. The maximum absolute atomic E-state index is 9.84. The van der Waals surface area contributed by atoms with Crippen molar-refractivity contribution in [1.29, 1.82) is 0 Å². The smallest absolute Gasteiger partial charge is 0.0897 e. The lowest BCUT2D eigenvalue weighted by Gasteiger charge is -2.17. The van der Waals surface area contributed by atoms with Crippen LogP contribution in [-0.2, 0) is 11.3 Å². The monoisotopic (exact) mass is 315 g/mol. The van der Waals surface area contributed by atoms with Crippen LogP contribution < -0.4 is 5.32 Å². The second-order valence-electron chi connectivity index (χ2n) is 5.21. The van der Waals surface area contributed by atoms with Crippen LogP contribution in [0, 0.1) is 5.92 Å². The molecule has 0 heterocycles. The Kier molecular flexibility index (Phi) is 9.63. The maximum Gasteiger partial charge on any atom is 0.0897 e. The fourth-order valence-corrected chi connectivity index (χ4v) is 2.26. The molecular formula is C16H26ClNO3. The Hall–Kier alpha value is -0.650. The zero-order valence-electron chi connectivity index (χ0n) is 12.6. The van der Waals surface area contributed by atoms with E-state index in [1.165, 1.54) is 0 Å². The molecule has 0 aliphatic rings. The van der Waals surface area contributed by atoms with Gasteiger partial charge in [0.1, 0.15) is 0 Å². The first-order valence-electron chi connectivity index (χ1n) is 7.48. The fourth-order valence-electron chi connectivity index (χ4n) is 2.07. The predicted molar refractivity (Wildman–Crippen MR) is 85.5 cm³/mol. The van der Waals surface area contributed by atoms with E-state index < -0.39 is 6.10 Å². The van der Waals surface area contributed by atoms with Crippen molar-refractivity contribution in [1.82, 2.24) is 5.32 Å². The lowest BCUT2D eigenvalue weighted by Crippen LogP contribution is -2.33. The first kappa shape index (κ1) is 18.4. The molecule has 0 bridgehead atoms. The number of ether oxygens (including phenoxy) is 1. The maximum atomic E-state index is 9.84. The Morgan fingerprint density at radius 3 is 2.71 bits per heavy atom. The topological polar surface area (TPSA) is 61.7 Å². The van der Waals surface area contributed by atoms with Crippen LogP contribution in [0.25, 0.3) is 0 Å². The molecule has 2 unspecified atom stereocenters. The summed E-state index contributed by atoms with van der Waals surface area (Å²) in [5.74, 6) is 0.450. The van der Waals surface area contributed by atoms with Crippen LogP contribution in [0.15, 0.2) is 24.3 Å². The number of aliphatic hydroxyl groups is 2. The average molecular weight is 316 g/mol. The molecule has 2 atom stereocenters. The summed E-state index contributed by atoms with van der Waals surface area (Å²) in [5.41, 5.74) is 0.924. The molecule has 0 aliphatic carbocycles. The van der Waals surface area contributed by atoms with Crippen LogP contribution >= 0.6 is 11.6 Å². The first-order valence-corrected chi connectivity index (χ1v) is 7.86. The minimum Gasteiger partial charge on any atom is -0.396 e. The third kappa shape index (κ3) is 7.79. The van der Waals surface area contributed by atoms with Gasteiger partial charge in [0.15, 0.2) is 0 Å². The molecule has 0 saturated carbocycles. The quantitative estimate of drug-likeness (QED) is 0.586. The van der Waals surface area contributed by atoms with E-state index in [1.807, 2.05) is 24.3 Å². The molecule has 0 radical (unpaired) electrons. The Balaban J connectivity index is 2.14. The van der Waals surface area contributed by atoms with Gasteiger partial charge in [0.05, 0.1) is 19.3 Å². The summed E-state index contributed by atoms with van der Waals surface area (Å²) >= 11 is 6.03. The molecule has 4 nitrogen and oxygen atoms in total. The summed E-state index contributed by atoms with van der Waals surface area (Å²) in [5, 5.41) is 22.7. The van der Waals surface area contributed by atoms with E-state index in [4.69, 9.17) is 21.4 Å². The minimum absolute atomic E-state index is 0.212. The number of aliphatic hydroxyl groups excluding tert-OH is 2. The Morgan fingerprint density at radius 1 is 1.29 bits per heavy atom. The number of halogens is 1. The van der Waals surface area contributed by atoms with Crippen molar-refractivity contribution in [2.75, 3.05) is 26.3 Å². The highest BCUT2D eigenvalue weighted by Crippen LogP contribution is 2.15. The van der Waals surface area contributed by atoms with Gasteiger partial charge in [-0.25, -0.2) is 0 Å². The SMILES string of the molecule is CCC(CCO)CNCC(O)COCc1ccccc1Cl. The van der Waals surface area contributed by atoms with Gasteiger partial charge in [0.2, 0.25) is 0 Å². The summed E-state index contributed by atoms with van der Waals surface area (Å²) in [6.45, 7) is 4.28. The van der Waals surface area contributed by atoms with Crippen LogP contribution in [-0.4, -0.2) is 42.6 Å². The Labute approximate surface area is 132 Å². The highest BCUT2D eigenvalue weighted by molar-refractivity contribution is 6.31. The van der Waals surface area contributed by atoms with E-state index in [9.17, 15) is 5.11 Å². The standard InChI is InChI=1S/C16H26ClNO3/c1-2-13(7-8-19)9-18-10-15(20)12-21-11-14-5-3-4-6-16(14)17/h3-6,13,15,18-20H,2,7-12H2,1H3. The normalized spacial score (nSPS) is 14.1. The van der Waals surface area contributed by atoms with E-state index in [0.717, 1.165) is 24.9 Å². The Bertz CT molecular complexity index is 390. The van der Waals surface area contributed by atoms with Gasteiger partial charge in [-0.15, -0.1) is 0 Å². The summed E-state index contributed by atoms with van der Waals surface area (Å²) in [6, 6.07) is 7.52. The fraction of sp³-hybridized carbons (Fsp3) is 0.625. The first-order chi connectivity index (χ1) is 10.2. The van der Waals surface area contributed by atoms with Gasteiger partial charge in [-0.2, -0.15) is 0 Å². The Morgan fingerprint density at radius 2 is 2.05 bits per heavy atom. The van der Waals surface area contributed by atoms with Gasteiger partial charge in [0.25, 0.3) is 0 Å². The summed E-state index contributed by atoms with van der Waals surface area (Å²) in [7, 11) is 0. The molecule has 1 aromatic rings. The third-order valence-corrected chi connectivity index (χ3v) is 3.82. The molecule has 0 saturated heterocycles. The summed E-state index contributed by atoms with van der Waals surface area (Å²) < 4.78 is 5.48. The van der Waals surface area contributed by atoms with E-state index in [-0.39, 0.29) is 13.2 Å². The van der Waals surface area contributed by atoms with Crippen LogP contribution in [0.5, 0.6) is 0 Å². The molecule has 0 amide bonds. The van der Waals surface area contributed by atoms with Crippen LogP contribution in [0.4, 0.5) is 0 Å². The van der Waals surface area contributed by atoms with Crippen molar-refractivity contribution in [2.24, 2.45) is 5.92 Å². The largest absolute Gasteiger partial charge is 0.396 e. The third-order valence-electron chi connectivity index (χ3n) is 3.45. The van der Waals surface area contributed by atoms with Gasteiger partial charge in [-0.3, -0.25) is 0 Å². The highest BCUT2D eigenvalue weighted by atomic mass is 35.5. The van der Waals surface area contributed by atoms with E-state index in [2.05, 4.69) is 12.2 Å². The molecule has 0 aromatic heterocycles. The molecule has 120 valence electrons. The van der Waals surface area contributed by atoms with E-state index in [1.54, 1.807) is 0 Å². The molecular weight excluding hydrogens is 290 g/mol. The average Bonchev–Trinajstić information content (AvgIpc) is 2.48. The molecule has 1 rings (SSSR count). The highest BCUT2D eigenvalue weighted by Gasteiger charge is 2.08. The lowest BCUT2D eigenvalue weighted by atomic mass is 10.0. The number of hydrogen-bond donors (Lipinski definition) is 3. The molecule has 21 heavy (non-hydrogen) atoms. The predicted octanol–water partition coefficient (Wildman–Crippen LogP) is 2.22. The van der Waals surface area contributed by atoms with Gasteiger partial charge in [-0.1, -0.05) is 43.1 Å². The van der Waals surface area contributed by atoms with Gasteiger partial charge < -0.3 is 20.3 Å². The molecule has 5 heteroatoms. The zero-order valence-corrected chi connectivity index (χ0v) is 13.4. The van der Waals surface area contributed by atoms with Crippen LogP contribution in [0.1, 0.15) is 25.3 Å². The molecule has 0 fully saturated rings. The molecule has 0 spiro atoms. The second-order valence-corrected chi connectivity index (χ2v) is 5.61. The number of benzene rings is 1.